The highest BCUT2D eigenvalue weighted by Crippen LogP contribution is 2.24. The second-order valence-electron chi connectivity index (χ2n) is 4.26. The molecule has 0 radical (unpaired) electrons. The first-order valence-electron chi connectivity index (χ1n) is 6.10. The van der Waals surface area contributed by atoms with Gasteiger partial charge in [-0.05, 0) is 0 Å². The summed E-state index contributed by atoms with van der Waals surface area (Å²) >= 11 is 5.67. The molecule has 2 rings (SSSR count). The number of aromatic nitrogens is 1. The summed E-state index contributed by atoms with van der Waals surface area (Å²) in [5.74, 6) is -0.0690. The number of nitrogens with zero attached hydrogens (tertiary/aromatic N) is 3. The largest absolute Gasteiger partial charge is 0.355 e. The molecule has 1 aromatic heterocycles. The Balaban J connectivity index is 1.99. The number of halogens is 1. The Morgan fingerprint density at radius 2 is 2.25 bits per heavy atom. The molecule has 2 heterocycles. The lowest BCUT2D eigenvalue weighted by Crippen LogP contribution is -2.48. The molecule has 1 fully saturated rings. The molecule has 0 saturated carbocycles. The quantitative estimate of drug-likeness (QED) is 0.620. The first-order valence-corrected chi connectivity index (χ1v) is 6.48. The van der Waals surface area contributed by atoms with Gasteiger partial charge in [-0.3, -0.25) is 14.9 Å². The number of amides is 1. The first-order chi connectivity index (χ1) is 9.58. The Labute approximate surface area is 120 Å². The third kappa shape index (κ3) is 3.55. The van der Waals surface area contributed by atoms with Gasteiger partial charge in [0.2, 0.25) is 11.7 Å². The van der Waals surface area contributed by atoms with Crippen molar-refractivity contribution in [2.75, 3.05) is 38.0 Å². The Bertz CT molecular complexity index is 519. The van der Waals surface area contributed by atoms with Crippen LogP contribution in [0.25, 0.3) is 0 Å². The molecule has 108 valence electrons. The molecule has 0 aliphatic carbocycles. The van der Waals surface area contributed by atoms with Gasteiger partial charge in [0.15, 0.2) is 0 Å². The molecule has 0 unspecified atom stereocenters. The third-order valence-electron chi connectivity index (χ3n) is 2.91. The number of hydrogen-bond acceptors (Lipinski definition) is 6. The zero-order valence-electron chi connectivity index (χ0n) is 10.6. The second-order valence-corrected chi connectivity index (χ2v) is 4.70. The molecule has 0 aromatic carbocycles. The van der Waals surface area contributed by atoms with Crippen LogP contribution >= 0.6 is 11.6 Å². The van der Waals surface area contributed by atoms with Crippen LogP contribution in [0.1, 0.15) is 0 Å². The molecular formula is C11H14ClN5O3. The molecule has 1 aliphatic heterocycles. The maximum absolute atomic E-state index is 11.9. The number of nitro groups is 1. The second kappa shape index (κ2) is 6.49. The molecule has 0 atom stereocenters. The predicted octanol–water partition coefficient (Wildman–Crippen LogP) is 0.487. The van der Waals surface area contributed by atoms with Gasteiger partial charge in [-0.25, -0.2) is 4.98 Å². The minimum atomic E-state index is -0.587. The Morgan fingerprint density at radius 1 is 1.55 bits per heavy atom. The van der Waals surface area contributed by atoms with Crippen LogP contribution in [-0.2, 0) is 4.79 Å². The van der Waals surface area contributed by atoms with Crippen molar-refractivity contribution in [2.24, 2.45) is 0 Å². The van der Waals surface area contributed by atoms with E-state index in [0.29, 0.717) is 13.1 Å². The van der Waals surface area contributed by atoms with E-state index in [-0.39, 0.29) is 29.0 Å². The van der Waals surface area contributed by atoms with E-state index < -0.39 is 4.92 Å². The Morgan fingerprint density at radius 3 is 2.90 bits per heavy atom. The number of carbonyl (C=O) groups is 1. The molecule has 2 N–H and O–H groups in total. The van der Waals surface area contributed by atoms with Gasteiger partial charge in [-0.1, -0.05) is 11.6 Å². The number of carbonyl (C=O) groups excluding carboxylic acids is 1. The van der Waals surface area contributed by atoms with Crippen LogP contribution in [0.3, 0.4) is 0 Å². The molecule has 1 amide bonds. The topological polar surface area (TPSA) is 100 Å². The fourth-order valence-electron chi connectivity index (χ4n) is 1.89. The third-order valence-corrected chi connectivity index (χ3v) is 3.11. The standard InChI is InChI=1S/C11H14ClN5O3/c12-8-5-9(17(19)20)11(14-6-8)15-7-10(18)16-3-1-13-2-4-16/h5-6,13H,1-4,7H2,(H,14,15). The van der Waals surface area contributed by atoms with Crippen LogP contribution in [0.5, 0.6) is 0 Å². The van der Waals surface area contributed by atoms with Gasteiger partial charge in [-0.15, -0.1) is 0 Å². The highest BCUT2D eigenvalue weighted by Gasteiger charge is 2.19. The minimum absolute atomic E-state index is 0.0323. The summed E-state index contributed by atoms with van der Waals surface area (Å²) in [6.07, 6.45) is 1.30. The van der Waals surface area contributed by atoms with E-state index >= 15 is 0 Å². The number of piperazine rings is 1. The average Bonchev–Trinajstić information content (AvgIpc) is 2.46. The van der Waals surface area contributed by atoms with Crippen LogP contribution in [0.15, 0.2) is 12.3 Å². The molecular weight excluding hydrogens is 286 g/mol. The Hall–Kier alpha value is -1.93. The van der Waals surface area contributed by atoms with Gasteiger partial charge in [0.05, 0.1) is 16.5 Å². The zero-order valence-corrected chi connectivity index (χ0v) is 11.4. The van der Waals surface area contributed by atoms with Gasteiger partial charge in [0.1, 0.15) is 0 Å². The monoisotopic (exact) mass is 299 g/mol. The molecule has 1 saturated heterocycles. The zero-order chi connectivity index (χ0) is 14.5. The first kappa shape index (κ1) is 14.5. The highest BCUT2D eigenvalue weighted by molar-refractivity contribution is 6.30. The van der Waals surface area contributed by atoms with Gasteiger partial charge in [-0.2, -0.15) is 0 Å². The van der Waals surface area contributed by atoms with E-state index in [0.717, 1.165) is 13.1 Å². The van der Waals surface area contributed by atoms with E-state index in [1.165, 1.54) is 12.3 Å². The van der Waals surface area contributed by atoms with Gasteiger partial charge < -0.3 is 15.5 Å². The average molecular weight is 300 g/mol. The van der Waals surface area contributed by atoms with Crippen LogP contribution in [0.2, 0.25) is 5.02 Å². The van der Waals surface area contributed by atoms with Crippen molar-refractivity contribution in [3.8, 4) is 0 Å². The summed E-state index contributed by atoms with van der Waals surface area (Å²) in [5.41, 5.74) is -0.245. The van der Waals surface area contributed by atoms with E-state index in [9.17, 15) is 14.9 Å². The summed E-state index contributed by atoms with van der Waals surface area (Å²) in [5, 5.41) is 16.9. The number of hydrogen-bond donors (Lipinski definition) is 2. The SMILES string of the molecule is O=C(CNc1ncc(Cl)cc1[N+](=O)[O-])N1CCNCC1. The highest BCUT2D eigenvalue weighted by atomic mass is 35.5. The van der Waals surface area contributed by atoms with Crippen molar-refractivity contribution < 1.29 is 9.72 Å². The fourth-order valence-corrected chi connectivity index (χ4v) is 2.04. The molecule has 0 bridgehead atoms. The summed E-state index contributed by atoms with van der Waals surface area (Å²) < 4.78 is 0. The molecule has 20 heavy (non-hydrogen) atoms. The van der Waals surface area contributed by atoms with Crippen LogP contribution in [0, 0.1) is 10.1 Å². The lowest BCUT2D eigenvalue weighted by molar-refractivity contribution is -0.384. The van der Waals surface area contributed by atoms with Crippen LogP contribution < -0.4 is 10.6 Å². The van der Waals surface area contributed by atoms with Crippen molar-refractivity contribution in [2.45, 2.75) is 0 Å². The number of anilines is 1. The van der Waals surface area contributed by atoms with Gasteiger partial charge >= 0.3 is 5.69 Å². The van der Waals surface area contributed by atoms with Gasteiger partial charge in [0, 0.05) is 38.4 Å². The molecule has 8 nitrogen and oxygen atoms in total. The smallest absolute Gasteiger partial charge is 0.312 e. The van der Waals surface area contributed by atoms with Crippen LogP contribution in [0.4, 0.5) is 11.5 Å². The lowest BCUT2D eigenvalue weighted by atomic mass is 10.3. The van der Waals surface area contributed by atoms with Gasteiger partial charge in [0.25, 0.3) is 0 Å². The summed E-state index contributed by atoms with van der Waals surface area (Å²) in [4.78, 5) is 27.8. The molecule has 1 aromatic rings. The normalized spacial score (nSPS) is 14.9. The predicted molar refractivity (Wildman–Crippen MR) is 73.8 cm³/mol. The van der Waals surface area contributed by atoms with Crippen molar-refractivity contribution in [1.29, 1.82) is 0 Å². The van der Waals surface area contributed by atoms with Crippen molar-refractivity contribution in [3.63, 3.8) is 0 Å². The molecule has 1 aliphatic rings. The minimum Gasteiger partial charge on any atom is -0.355 e. The molecule has 9 heteroatoms. The molecule has 0 spiro atoms. The maximum Gasteiger partial charge on any atom is 0.312 e. The fraction of sp³-hybridized carbons (Fsp3) is 0.455. The number of pyridine rings is 1. The van der Waals surface area contributed by atoms with Crippen molar-refractivity contribution >= 4 is 29.0 Å². The van der Waals surface area contributed by atoms with E-state index in [4.69, 9.17) is 11.6 Å². The summed E-state index contributed by atoms with van der Waals surface area (Å²) in [6, 6.07) is 1.20. The number of nitrogens with one attached hydrogen (secondary N) is 2. The maximum atomic E-state index is 11.9. The van der Waals surface area contributed by atoms with E-state index in [2.05, 4.69) is 15.6 Å². The Kier molecular flexibility index (Phi) is 4.70. The van der Waals surface area contributed by atoms with Crippen molar-refractivity contribution in [1.82, 2.24) is 15.2 Å². The lowest BCUT2D eigenvalue weighted by Gasteiger charge is -2.27. The summed E-state index contributed by atoms with van der Waals surface area (Å²) in [6.45, 7) is 2.75. The van der Waals surface area contributed by atoms with Crippen LogP contribution in [-0.4, -0.2) is 53.4 Å². The van der Waals surface area contributed by atoms with E-state index in [1.54, 1.807) is 4.90 Å². The number of rotatable bonds is 4. The summed E-state index contributed by atoms with van der Waals surface area (Å²) in [7, 11) is 0. The van der Waals surface area contributed by atoms with Crippen molar-refractivity contribution in [3.05, 3.63) is 27.4 Å². The van der Waals surface area contributed by atoms with E-state index in [1.807, 2.05) is 0 Å².